The first kappa shape index (κ1) is 25.2. The molecule has 11 nitrogen and oxygen atoms in total. The number of carbonyl (C=O) groups excluding carboxylic acids is 1. The fraction of sp³-hybridized carbons (Fsp3) is 0.143. The van der Waals surface area contributed by atoms with E-state index in [2.05, 4.69) is 55.2 Å². The number of nitrogens with one attached hydrogen (secondary N) is 2. The third kappa shape index (κ3) is 7.02. The van der Waals surface area contributed by atoms with E-state index in [1.807, 2.05) is 28.8 Å². The fourth-order valence-corrected chi connectivity index (χ4v) is 3.82. The number of nitro benzene ring substituents is 1. The predicted molar refractivity (Wildman–Crippen MR) is 136 cm³/mol. The Morgan fingerprint density at radius 1 is 1.26 bits per heavy atom. The highest BCUT2D eigenvalue weighted by molar-refractivity contribution is 14.1. The van der Waals surface area contributed by atoms with Crippen molar-refractivity contribution in [2.75, 3.05) is 11.1 Å². The zero-order valence-corrected chi connectivity index (χ0v) is 20.7. The van der Waals surface area contributed by atoms with Crippen LogP contribution in [0.1, 0.15) is 11.4 Å². The SMILES string of the molecule is C=CCn1c(CNc2ccc(I)cc2)nnc1SCC(=O)NN=Cc1cc([N+](=O)[O-])ccc1[O-]. The molecule has 0 fully saturated rings. The molecule has 3 aromatic rings. The largest absolute Gasteiger partial charge is 0.872 e. The molecular formula is C21H19IN7O4S-. The van der Waals surface area contributed by atoms with Gasteiger partial charge in [-0.05, 0) is 52.4 Å². The maximum absolute atomic E-state index is 12.2. The number of hydrazone groups is 1. The molecule has 2 N–H and O–H groups in total. The van der Waals surface area contributed by atoms with Crippen LogP contribution in [0.2, 0.25) is 0 Å². The van der Waals surface area contributed by atoms with Gasteiger partial charge in [-0.15, -0.1) is 16.8 Å². The van der Waals surface area contributed by atoms with Crippen LogP contribution in [-0.2, 0) is 17.9 Å². The van der Waals surface area contributed by atoms with Gasteiger partial charge in [-0.2, -0.15) is 5.10 Å². The molecule has 34 heavy (non-hydrogen) atoms. The van der Waals surface area contributed by atoms with Gasteiger partial charge in [-0.3, -0.25) is 14.9 Å². The van der Waals surface area contributed by atoms with E-state index >= 15 is 0 Å². The van der Waals surface area contributed by atoms with E-state index in [0.717, 1.165) is 33.7 Å². The number of anilines is 1. The molecule has 1 amide bonds. The number of hydrogen-bond acceptors (Lipinski definition) is 9. The van der Waals surface area contributed by atoms with E-state index in [9.17, 15) is 20.0 Å². The number of carbonyl (C=O) groups is 1. The van der Waals surface area contributed by atoms with E-state index < -0.39 is 16.6 Å². The molecule has 3 rings (SSSR count). The highest BCUT2D eigenvalue weighted by Gasteiger charge is 2.13. The van der Waals surface area contributed by atoms with Gasteiger partial charge >= 0.3 is 0 Å². The second kappa shape index (κ2) is 12.1. The van der Waals surface area contributed by atoms with Gasteiger partial charge in [-0.1, -0.05) is 29.7 Å². The Bertz CT molecular complexity index is 1210. The molecule has 0 spiro atoms. The number of aromatic nitrogens is 3. The molecule has 0 atom stereocenters. The monoisotopic (exact) mass is 592 g/mol. The standard InChI is InChI=1S/C21H20IN7O4S/c1-2-9-28-19(12-23-16-5-3-15(22)4-6-16)25-27-21(28)34-13-20(31)26-24-11-14-10-17(29(32)33)7-8-18(14)30/h2-8,10-11,23,30H,1,9,12-13H2,(H,26,31)/p-1. The van der Waals surface area contributed by atoms with Crippen molar-refractivity contribution in [2.45, 2.75) is 18.2 Å². The number of halogens is 1. The number of nitro groups is 1. The summed E-state index contributed by atoms with van der Waals surface area (Å²) in [6, 6.07) is 11.2. The summed E-state index contributed by atoms with van der Waals surface area (Å²) in [6.07, 6.45) is 2.79. The lowest BCUT2D eigenvalue weighted by molar-refractivity contribution is -0.385. The van der Waals surface area contributed by atoms with E-state index in [4.69, 9.17) is 0 Å². The van der Waals surface area contributed by atoms with Crippen LogP contribution in [0.3, 0.4) is 0 Å². The zero-order chi connectivity index (χ0) is 24.5. The van der Waals surface area contributed by atoms with Crippen molar-refractivity contribution in [3.8, 4) is 5.75 Å². The number of allylic oxidation sites excluding steroid dienone is 1. The summed E-state index contributed by atoms with van der Waals surface area (Å²) >= 11 is 3.41. The van der Waals surface area contributed by atoms with Crippen molar-refractivity contribution >= 4 is 57.8 Å². The molecule has 0 aliphatic rings. The summed E-state index contributed by atoms with van der Waals surface area (Å²) in [7, 11) is 0. The first-order valence-corrected chi connectivity index (χ1v) is 11.9. The molecule has 2 aromatic carbocycles. The Labute approximate surface area is 212 Å². The molecule has 176 valence electrons. The molecule has 0 aliphatic heterocycles. The van der Waals surface area contributed by atoms with E-state index in [0.29, 0.717) is 24.1 Å². The van der Waals surface area contributed by atoms with Crippen molar-refractivity contribution < 1.29 is 14.8 Å². The minimum atomic E-state index is -0.615. The lowest BCUT2D eigenvalue weighted by Crippen LogP contribution is -2.20. The number of benzene rings is 2. The Morgan fingerprint density at radius 2 is 2.03 bits per heavy atom. The predicted octanol–water partition coefficient (Wildman–Crippen LogP) is 2.91. The smallest absolute Gasteiger partial charge is 0.270 e. The van der Waals surface area contributed by atoms with Crippen LogP contribution in [0.15, 0.2) is 65.4 Å². The third-order valence-corrected chi connectivity index (χ3v) is 6.02. The Morgan fingerprint density at radius 3 is 2.74 bits per heavy atom. The van der Waals surface area contributed by atoms with Crippen LogP contribution in [0, 0.1) is 13.7 Å². The highest BCUT2D eigenvalue weighted by Crippen LogP contribution is 2.20. The van der Waals surface area contributed by atoms with Crippen molar-refractivity contribution in [1.29, 1.82) is 0 Å². The molecule has 1 heterocycles. The van der Waals surface area contributed by atoms with Crippen LogP contribution in [0.25, 0.3) is 0 Å². The Balaban J connectivity index is 1.57. The van der Waals surface area contributed by atoms with Gasteiger partial charge < -0.3 is 15.0 Å². The molecule has 0 unspecified atom stereocenters. The minimum Gasteiger partial charge on any atom is -0.872 e. The maximum atomic E-state index is 12.2. The first-order valence-electron chi connectivity index (χ1n) is 9.80. The van der Waals surface area contributed by atoms with Crippen LogP contribution < -0.4 is 15.8 Å². The number of hydrogen-bond donors (Lipinski definition) is 2. The lowest BCUT2D eigenvalue weighted by Gasteiger charge is -2.09. The molecule has 0 saturated carbocycles. The second-order valence-electron chi connectivity index (χ2n) is 6.72. The summed E-state index contributed by atoms with van der Waals surface area (Å²) in [5.41, 5.74) is 3.01. The van der Waals surface area contributed by atoms with Crippen LogP contribution in [-0.4, -0.2) is 37.6 Å². The quantitative estimate of drug-likeness (QED) is 0.0862. The first-order chi connectivity index (χ1) is 16.4. The van der Waals surface area contributed by atoms with Crippen LogP contribution >= 0.6 is 34.4 Å². The van der Waals surface area contributed by atoms with Crippen LogP contribution in [0.5, 0.6) is 5.75 Å². The maximum Gasteiger partial charge on any atom is 0.270 e. The van der Waals surface area contributed by atoms with Gasteiger partial charge in [0.2, 0.25) is 0 Å². The third-order valence-electron chi connectivity index (χ3n) is 4.33. The van der Waals surface area contributed by atoms with Gasteiger partial charge in [0.25, 0.3) is 11.6 Å². The van der Waals surface area contributed by atoms with Gasteiger partial charge in [0.1, 0.15) is 0 Å². The van der Waals surface area contributed by atoms with Crippen molar-refractivity contribution in [3.05, 3.63) is 80.2 Å². The molecule has 1 aromatic heterocycles. The second-order valence-corrected chi connectivity index (χ2v) is 8.91. The summed E-state index contributed by atoms with van der Waals surface area (Å²) in [6.45, 7) is 4.68. The zero-order valence-electron chi connectivity index (χ0n) is 17.7. The topological polar surface area (TPSA) is 150 Å². The van der Waals surface area contributed by atoms with Gasteiger partial charge in [0.05, 0.1) is 23.4 Å². The number of rotatable bonds is 11. The average Bonchev–Trinajstić information content (AvgIpc) is 3.20. The molecule has 0 aliphatic carbocycles. The molecule has 13 heteroatoms. The highest BCUT2D eigenvalue weighted by atomic mass is 127. The van der Waals surface area contributed by atoms with E-state index in [1.54, 1.807) is 6.08 Å². The minimum absolute atomic E-state index is 0.00171. The van der Waals surface area contributed by atoms with Gasteiger partial charge in [0.15, 0.2) is 11.0 Å². The number of thioether (sulfide) groups is 1. The van der Waals surface area contributed by atoms with Crippen molar-refractivity contribution in [3.63, 3.8) is 0 Å². The van der Waals surface area contributed by atoms with Gasteiger partial charge in [-0.25, -0.2) is 5.43 Å². The normalized spacial score (nSPS) is 10.9. The van der Waals surface area contributed by atoms with E-state index in [-0.39, 0.29) is 17.0 Å². The fourth-order valence-electron chi connectivity index (χ4n) is 2.70. The summed E-state index contributed by atoms with van der Waals surface area (Å²) in [5, 5.41) is 38.5. The van der Waals surface area contributed by atoms with Crippen molar-refractivity contribution in [1.82, 2.24) is 20.2 Å². The average molecular weight is 592 g/mol. The number of nitrogens with zero attached hydrogens (tertiary/aromatic N) is 5. The van der Waals surface area contributed by atoms with Crippen molar-refractivity contribution in [2.24, 2.45) is 5.10 Å². The van der Waals surface area contributed by atoms with E-state index in [1.165, 1.54) is 11.8 Å². The van der Waals surface area contributed by atoms with Gasteiger partial charge in [0, 0.05) is 27.9 Å². The molecule has 0 radical (unpaired) electrons. The Hall–Kier alpha value is -3.46. The number of amides is 1. The van der Waals surface area contributed by atoms with Crippen LogP contribution in [0.4, 0.5) is 11.4 Å². The summed E-state index contributed by atoms with van der Waals surface area (Å²) < 4.78 is 2.98. The number of non-ortho nitro benzene ring substituents is 1. The molecular weight excluding hydrogens is 573 g/mol. The lowest BCUT2D eigenvalue weighted by atomic mass is 10.2. The molecule has 0 saturated heterocycles. The Kier molecular flexibility index (Phi) is 8.98. The summed E-state index contributed by atoms with van der Waals surface area (Å²) in [4.78, 5) is 22.4. The molecule has 0 bridgehead atoms. The summed E-state index contributed by atoms with van der Waals surface area (Å²) in [5.74, 6) is -0.197.